The number of hydrogen-bond acceptors (Lipinski definition) is 6. The number of anilines is 1. The molecule has 0 aliphatic carbocycles. The molecule has 1 saturated heterocycles. The summed E-state index contributed by atoms with van der Waals surface area (Å²) in [6, 6.07) is 14.7. The number of carbonyl (C=O) groups is 1. The fourth-order valence-electron chi connectivity index (χ4n) is 4.94. The summed E-state index contributed by atoms with van der Waals surface area (Å²) in [6.07, 6.45) is 3.90. The summed E-state index contributed by atoms with van der Waals surface area (Å²) in [5.41, 5.74) is 4.59. The molecule has 0 aromatic heterocycles. The number of fused-ring (bicyclic) bond motifs is 1. The average molecular weight is 483 g/mol. The van der Waals surface area contributed by atoms with Crippen LogP contribution in [0.1, 0.15) is 48.3 Å². The van der Waals surface area contributed by atoms with Gasteiger partial charge in [-0.15, -0.1) is 0 Å². The lowest BCUT2D eigenvalue weighted by Crippen LogP contribution is -2.41. The molecule has 1 fully saturated rings. The van der Waals surface area contributed by atoms with E-state index in [9.17, 15) is 4.79 Å². The van der Waals surface area contributed by atoms with Crippen molar-refractivity contribution in [2.75, 3.05) is 51.5 Å². The summed E-state index contributed by atoms with van der Waals surface area (Å²) >= 11 is 0. The van der Waals surface area contributed by atoms with Crippen LogP contribution in [0.5, 0.6) is 5.75 Å². The number of amides is 1. The number of nitrogens with zero attached hydrogens (tertiary/aromatic N) is 1. The van der Waals surface area contributed by atoms with Crippen molar-refractivity contribution < 1.29 is 24.1 Å². The van der Waals surface area contributed by atoms with Crippen molar-refractivity contribution in [2.24, 2.45) is 0 Å². The van der Waals surface area contributed by atoms with Gasteiger partial charge in [0.25, 0.3) is 0 Å². The third-order valence-corrected chi connectivity index (χ3v) is 6.85. The van der Waals surface area contributed by atoms with Gasteiger partial charge in [-0.25, -0.2) is 0 Å². The van der Waals surface area contributed by atoms with Crippen LogP contribution in [-0.4, -0.2) is 63.7 Å². The number of rotatable bonds is 12. The lowest BCUT2D eigenvalue weighted by Gasteiger charge is -2.33. The van der Waals surface area contributed by atoms with Gasteiger partial charge in [-0.05, 0) is 60.7 Å². The summed E-state index contributed by atoms with van der Waals surface area (Å²) in [5, 5.41) is 12.4. The SMILES string of the molecule is COCCCN1C(=O)CCc2ccc(CO[C@H]3CNCC[C@@H]3c3ccc(OCCCO)cc3)cc21. The normalized spacial score (nSPS) is 20.1. The highest BCUT2D eigenvalue weighted by atomic mass is 16.5. The van der Waals surface area contributed by atoms with Crippen LogP contribution in [0.3, 0.4) is 0 Å². The Morgan fingerprint density at radius 3 is 2.74 bits per heavy atom. The van der Waals surface area contributed by atoms with Crippen molar-refractivity contribution in [3.63, 3.8) is 0 Å². The molecule has 2 aromatic rings. The van der Waals surface area contributed by atoms with E-state index >= 15 is 0 Å². The van der Waals surface area contributed by atoms with E-state index in [0.717, 1.165) is 49.4 Å². The molecule has 7 nitrogen and oxygen atoms in total. The zero-order valence-corrected chi connectivity index (χ0v) is 20.7. The molecule has 2 N–H and O–H groups in total. The minimum atomic E-state index is 0.0698. The molecule has 0 bridgehead atoms. The number of hydrogen-bond donors (Lipinski definition) is 2. The Morgan fingerprint density at radius 1 is 1.09 bits per heavy atom. The highest BCUT2D eigenvalue weighted by Gasteiger charge is 2.28. The number of aryl methyl sites for hydroxylation is 1. The smallest absolute Gasteiger partial charge is 0.227 e. The standard InChI is InChI=1S/C28H38N2O5/c1-33-16-2-14-30-26-18-21(4-5-23(26)8-11-28(30)32)20-35-27-19-29-13-12-25(27)22-6-9-24(10-7-22)34-17-3-15-31/h4-7,9-10,18,25,27,29,31H,2-3,8,11-17,19-20H2,1H3/t25-,27+/m1/s1. The van der Waals surface area contributed by atoms with Crippen molar-refractivity contribution in [1.29, 1.82) is 0 Å². The Hall–Kier alpha value is -2.45. The van der Waals surface area contributed by atoms with Crippen molar-refractivity contribution in [2.45, 2.75) is 50.7 Å². The first-order chi connectivity index (χ1) is 17.2. The molecule has 35 heavy (non-hydrogen) atoms. The van der Waals surface area contributed by atoms with E-state index < -0.39 is 0 Å². The summed E-state index contributed by atoms with van der Waals surface area (Å²) in [6.45, 7) is 4.27. The largest absolute Gasteiger partial charge is 0.494 e. The number of aliphatic hydroxyl groups is 1. The predicted molar refractivity (Wildman–Crippen MR) is 136 cm³/mol. The maximum atomic E-state index is 12.6. The molecule has 4 rings (SSSR count). The number of piperidine rings is 1. The Morgan fingerprint density at radius 2 is 1.94 bits per heavy atom. The number of carbonyl (C=O) groups excluding carboxylic acids is 1. The van der Waals surface area contributed by atoms with Crippen LogP contribution in [-0.2, 0) is 27.3 Å². The van der Waals surface area contributed by atoms with Crippen molar-refractivity contribution >= 4 is 11.6 Å². The molecule has 2 aliphatic rings. The lowest BCUT2D eigenvalue weighted by atomic mass is 9.87. The predicted octanol–water partition coefficient (Wildman–Crippen LogP) is 3.43. The summed E-state index contributed by atoms with van der Waals surface area (Å²) in [5.74, 6) is 1.33. The third-order valence-electron chi connectivity index (χ3n) is 6.85. The second-order valence-corrected chi connectivity index (χ2v) is 9.30. The molecule has 0 spiro atoms. The zero-order valence-electron chi connectivity index (χ0n) is 20.7. The van der Waals surface area contributed by atoms with Crippen molar-refractivity contribution in [3.05, 3.63) is 59.2 Å². The van der Waals surface area contributed by atoms with Crippen LogP contribution in [0.15, 0.2) is 42.5 Å². The Balaban J connectivity index is 1.40. The first-order valence-corrected chi connectivity index (χ1v) is 12.8. The van der Waals surface area contributed by atoms with Crippen LogP contribution < -0.4 is 15.0 Å². The number of benzene rings is 2. The summed E-state index contributed by atoms with van der Waals surface area (Å²) < 4.78 is 17.3. The maximum Gasteiger partial charge on any atom is 0.227 e. The summed E-state index contributed by atoms with van der Waals surface area (Å²) in [7, 11) is 1.69. The minimum Gasteiger partial charge on any atom is -0.494 e. The van der Waals surface area contributed by atoms with Gasteiger partial charge >= 0.3 is 0 Å². The van der Waals surface area contributed by atoms with Gasteiger partial charge in [-0.2, -0.15) is 0 Å². The van der Waals surface area contributed by atoms with Gasteiger partial charge in [-0.3, -0.25) is 4.79 Å². The van der Waals surface area contributed by atoms with Gasteiger partial charge in [-0.1, -0.05) is 24.3 Å². The molecule has 190 valence electrons. The quantitative estimate of drug-likeness (QED) is 0.451. The van der Waals surface area contributed by atoms with Gasteiger partial charge < -0.3 is 29.5 Å². The zero-order chi connectivity index (χ0) is 24.5. The molecule has 0 saturated carbocycles. The fraction of sp³-hybridized carbons (Fsp3) is 0.536. The molecule has 2 heterocycles. The van der Waals surface area contributed by atoms with Crippen molar-refractivity contribution in [3.8, 4) is 5.75 Å². The monoisotopic (exact) mass is 482 g/mol. The molecule has 7 heteroatoms. The second kappa shape index (κ2) is 13.0. The third kappa shape index (κ3) is 6.82. The van der Waals surface area contributed by atoms with Crippen LogP contribution in [0.2, 0.25) is 0 Å². The van der Waals surface area contributed by atoms with Crippen LogP contribution in [0.4, 0.5) is 5.69 Å². The van der Waals surface area contributed by atoms with Gasteiger partial charge in [0.2, 0.25) is 5.91 Å². The topological polar surface area (TPSA) is 80.3 Å². The van der Waals surface area contributed by atoms with Gasteiger partial charge in [0.05, 0.1) is 19.3 Å². The van der Waals surface area contributed by atoms with Crippen LogP contribution in [0, 0.1) is 0 Å². The molecular weight excluding hydrogens is 444 g/mol. The second-order valence-electron chi connectivity index (χ2n) is 9.30. The van der Waals surface area contributed by atoms with Crippen molar-refractivity contribution in [1.82, 2.24) is 5.32 Å². The minimum absolute atomic E-state index is 0.0698. The molecule has 2 aromatic carbocycles. The molecule has 1 amide bonds. The first-order valence-electron chi connectivity index (χ1n) is 12.8. The van der Waals surface area contributed by atoms with Crippen LogP contribution in [0.25, 0.3) is 0 Å². The van der Waals surface area contributed by atoms with Gasteiger partial charge in [0, 0.05) is 57.9 Å². The number of aliphatic hydroxyl groups excluding tert-OH is 1. The molecule has 0 unspecified atom stereocenters. The van der Waals surface area contributed by atoms with E-state index in [1.165, 1.54) is 11.1 Å². The fourth-order valence-corrected chi connectivity index (χ4v) is 4.94. The van der Waals surface area contributed by atoms with E-state index in [1.54, 1.807) is 7.11 Å². The highest BCUT2D eigenvalue weighted by molar-refractivity contribution is 5.96. The Bertz CT molecular complexity index is 949. The molecule has 0 radical (unpaired) electrons. The average Bonchev–Trinajstić information content (AvgIpc) is 2.89. The molecular formula is C28H38N2O5. The van der Waals surface area contributed by atoms with E-state index in [-0.39, 0.29) is 18.6 Å². The molecule has 2 atom stereocenters. The van der Waals surface area contributed by atoms with E-state index in [0.29, 0.717) is 45.1 Å². The lowest BCUT2D eigenvalue weighted by molar-refractivity contribution is -0.118. The number of methoxy groups -OCH3 is 1. The van der Waals surface area contributed by atoms with E-state index in [4.69, 9.17) is 19.3 Å². The highest BCUT2D eigenvalue weighted by Crippen LogP contribution is 2.32. The van der Waals surface area contributed by atoms with Gasteiger partial charge in [0.15, 0.2) is 0 Å². The van der Waals surface area contributed by atoms with E-state index in [1.807, 2.05) is 17.0 Å². The summed E-state index contributed by atoms with van der Waals surface area (Å²) in [4.78, 5) is 14.5. The Kier molecular flexibility index (Phi) is 9.54. The maximum absolute atomic E-state index is 12.6. The first kappa shape index (κ1) is 25.6. The Labute approximate surface area is 208 Å². The van der Waals surface area contributed by atoms with Crippen LogP contribution >= 0.6 is 0 Å². The number of ether oxygens (including phenoxy) is 3. The van der Waals surface area contributed by atoms with E-state index in [2.05, 4.69) is 35.6 Å². The molecule has 2 aliphatic heterocycles. The van der Waals surface area contributed by atoms with Gasteiger partial charge in [0.1, 0.15) is 5.75 Å². The number of nitrogens with one attached hydrogen (secondary N) is 1.